The Morgan fingerprint density at radius 1 is 0.384 bits per heavy atom. The van der Waals surface area contributed by atoms with Gasteiger partial charge in [0.1, 0.15) is 40.9 Å². The van der Waals surface area contributed by atoms with E-state index in [9.17, 15) is 24.9 Å². The van der Waals surface area contributed by atoms with Crippen LogP contribution >= 0.6 is 0 Å². The highest BCUT2D eigenvalue weighted by molar-refractivity contribution is 6.25. The van der Waals surface area contributed by atoms with Gasteiger partial charge < -0.3 is 40.9 Å². The number of aromatic nitrogens is 4. The van der Waals surface area contributed by atoms with Crippen molar-refractivity contribution in [2.45, 2.75) is 46.6 Å². The minimum Gasteiger partial charge on any atom is -0.505 e. The Hall–Kier alpha value is -14.9. The zero-order valence-corrected chi connectivity index (χ0v) is 60.9. The number of hydrogen-bond acceptors (Lipinski definition) is 15. The van der Waals surface area contributed by atoms with Crippen LogP contribution in [0.2, 0.25) is 0 Å². The van der Waals surface area contributed by atoms with E-state index in [0.717, 1.165) is 94.1 Å². The third-order valence-electron chi connectivity index (χ3n) is 20.8. The van der Waals surface area contributed by atoms with Crippen LogP contribution in [-0.2, 0) is 30.7 Å². The fourth-order valence-electron chi connectivity index (χ4n) is 15.2. The lowest BCUT2D eigenvalue weighted by Gasteiger charge is -2.24. The SMILES string of the molecule is CCc1ccccc1NOCc1cc2ccc3c4ccccc4[nH]c3c2c(N=Nc2ccc(N(c3ccc(N=Nc4c(O)c(C(=O)Nc5ccccc5CC)cc5ccc6c7ccccc7[nH]c6c45)cc3)c3ccc(N=Nc4c(O)c(C(=O)Nc5ccccc5CC)cc5ccc6c7ccccc7[nH]c6c45)cn3)cc2)c1O. The Balaban J connectivity index is 0.722. The van der Waals surface area contributed by atoms with Crippen LogP contribution in [-0.4, -0.2) is 47.1 Å². The van der Waals surface area contributed by atoms with E-state index in [1.165, 1.54) is 0 Å². The summed E-state index contributed by atoms with van der Waals surface area (Å²) in [5.41, 5.74) is 16.7. The molecule has 4 heterocycles. The third kappa shape index (κ3) is 12.5. The number of nitrogens with one attached hydrogen (secondary N) is 6. The van der Waals surface area contributed by atoms with Gasteiger partial charge in [0.2, 0.25) is 0 Å². The molecule has 0 unspecified atom stereocenters. The summed E-state index contributed by atoms with van der Waals surface area (Å²) < 4.78 is 0. The summed E-state index contributed by atoms with van der Waals surface area (Å²) >= 11 is 0. The van der Waals surface area contributed by atoms with Crippen LogP contribution in [0.15, 0.2) is 298 Å². The lowest BCUT2D eigenvalue weighted by Crippen LogP contribution is -2.13. The molecule has 2 amide bonds. The van der Waals surface area contributed by atoms with Crippen molar-refractivity contribution in [1.82, 2.24) is 19.9 Å². The molecular formula is C92H70N14O6. The number of carbonyl (C=O) groups is 2. The number of pyridine rings is 1. The molecule has 0 fully saturated rings. The number of anilines is 6. The standard InChI is InChI=1S/C92H70N14O6/c1-4-52-19-7-13-25-72(52)97-91(110)70-48-56-32-44-68-65-23-11-17-29-76(65)95-83(68)80(56)86(89(70)108)103-100-60-36-41-63(42-37-60)106(62-39-34-59(35-40-62)99-102-85-79-55(31-43-67-64-22-10-16-28-75(64)94-82(67)79)47-58(88(85)107)51-112-105-74-27-15-9-21-54(74)6-3)78-46-38-61(50-93-78)101-104-87-81-57(33-45-69-66-24-12-18-30-77(66)96-84(69)81)49-71(90(87)109)92(111)98-73-26-14-8-20-53(73)5-2/h7-50,94-96,105,107-109H,4-6,51H2,1-3H3,(H,97,110)(H,98,111). The number of phenols is 3. The number of H-pyrrole nitrogens is 3. The van der Waals surface area contributed by atoms with Crippen LogP contribution in [0.5, 0.6) is 17.2 Å². The molecule has 0 spiro atoms. The number of aromatic hydroxyl groups is 3. The maximum atomic E-state index is 14.3. The summed E-state index contributed by atoms with van der Waals surface area (Å²) in [6.07, 6.45) is 3.74. The Morgan fingerprint density at radius 3 is 1.19 bits per heavy atom. The molecule has 0 radical (unpaired) electrons. The van der Waals surface area contributed by atoms with Crippen molar-refractivity contribution in [3.8, 4) is 17.2 Å². The highest BCUT2D eigenvalue weighted by Crippen LogP contribution is 2.49. The number of aryl methyl sites for hydroxylation is 3. The Labute approximate surface area is 640 Å². The fourth-order valence-corrected chi connectivity index (χ4v) is 15.2. The maximum Gasteiger partial charge on any atom is 0.259 e. The molecule has 4 aromatic heterocycles. The number of phenolic OH excluding ortho intramolecular Hbond substituents is 3. The third-order valence-corrected chi connectivity index (χ3v) is 20.8. The number of azo groups is 3. The molecule has 0 bridgehead atoms. The topological polar surface area (TPSA) is 278 Å². The van der Waals surface area contributed by atoms with Crippen LogP contribution in [0.4, 0.5) is 68.4 Å². The summed E-state index contributed by atoms with van der Waals surface area (Å²) in [6.45, 7) is 6.12. The average molecular weight is 1470 g/mol. The molecule has 0 saturated heterocycles. The van der Waals surface area contributed by atoms with Crippen molar-refractivity contribution >= 4 is 178 Å². The quantitative estimate of drug-likeness (QED) is 0.0259. The van der Waals surface area contributed by atoms with Gasteiger partial charge in [-0.15, -0.1) is 20.5 Å². The van der Waals surface area contributed by atoms with Crippen molar-refractivity contribution in [1.29, 1.82) is 0 Å². The number of rotatable bonds is 20. The van der Waals surface area contributed by atoms with E-state index in [4.69, 9.17) is 40.5 Å². The zero-order valence-electron chi connectivity index (χ0n) is 60.9. The van der Waals surface area contributed by atoms with Crippen molar-refractivity contribution in [3.63, 3.8) is 0 Å². The molecule has 20 nitrogen and oxygen atoms in total. The van der Waals surface area contributed by atoms with E-state index >= 15 is 0 Å². The number of aromatic amines is 3. The molecule has 14 aromatic carbocycles. The highest BCUT2D eigenvalue weighted by Gasteiger charge is 2.26. The summed E-state index contributed by atoms with van der Waals surface area (Å²) in [6, 6.07) is 82.6. The largest absolute Gasteiger partial charge is 0.505 e. The van der Waals surface area contributed by atoms with E-state index in [1.54, 1.807) is 42.6 Å². The smallest absolute Gasteiger partial charge is 0.259 e. The van der Waals surface area contributed by atoms with E-state index in [2.05, 4.69) is 50.1 Å². The fraction of sp³-hybridized carbons (Fsp3) is 0.0761. The van der Waals surface area contributed by atoms with Gasteiger partial charge in [-0.2, -0.15) is 10.2 Å². The van der Waals surface area contributed by atoms with Crippen molar-refractivity contribution in [2.75, 3.05) is 21.0 Å². The maximum absolute atomic E-state index is 14.3. The van der Waals surface area contributed by atoms with Crippen molar-refractivity contribution < 1.29 is 29.7 Å². The molecule has 20 heteroatoms. The first-order chi connectivity index (χ1) is 54.9. The molecule has 0 aliphatic carbocycles. The second-order valence-corrected chi connectivity index (χ2v) is 27.4. The monoisotopic (exact) mass is 1470 g/mol. The summed E-state index contributed by atoms with van der Waals surface area (Å²) in [5, 5.41) is 81.6. The minimum atomic E-state index is -0.512. The van der Waals surface area contributed by atoms with E-state index in [-0.39, 0.29) is 52.0 Å². The van der Waals surface area contributed by atoms with Crippen LogP contribution in [0.1, 0.15) is 63.7 Å². The number of hydrogen-bond donors (Lipinski definition) is 9. The van der Waals surface area contributed by atoms with Crippen LogP contribution < -0.4 is 21.0 Å². The lowest BCUT2D eigenvalue weighted by molar-refractivity contribution is 0.101. The van der Waals surface area contributed by atoms with Gasteiger partial charge in [0.25, 0.3) is 11.8 Å². The van der Waals surface area contributed by atoms with Gasteiger partial charge in [0, 0.05) is 93.3 Å². The second-order valence-electron chi connectivity index (χ2n) is 27.4. The molecule has 0 saturated carbocycles. The molecule has 0 aliphatic heterocycles. The highest BCUT2D eigenvalue weighted by atomic mass is 16.6. The van der Waals surface area contributed by atoms with E-state index in [0.29, 0.717) is 96.5 Å². The van der Waals surface area contributed by atoms with Crippen molar-refractivity contribution in [3.05, 3.63) is 300 Å². The first-order valence-electron chi connectivity index (χ1n) is 37.0. The lowest BCUT2D eigenvalue weighted by atomic mass is 10.00. The van der Waals surface area contributed by atoms with Gasteiger partial charge in [-0.25, -0.2) is 4.98 Å². The normalized spacial score (nSPS) is 12.0. The van der Waals surface area contributed by atoms with Crippen LogP contribution in [0, 0.1) is 0 Å². The van der Waals surface area contributed by atoms with Gasteiger partial charge in [-0.1, -0.05) is 166 Å². The average Bonchev–Trinajstić information content (AvgIpc) is 1.54. The van der Waals surface area contributed by atoms with Crippen molar-refractivity contribution in [2.24, 2.45) is 30.7 Å². The first-order valence-corrected chi connectivity index (χ1v) is 37.0. The Morgan fingerprint density at radius 2 is 0.759 bits per heavy atom. The number of amides is 2. The Bertz CT molecular complexity index is 6630. The molecule has 544 valence electrons. The summed E-state index contributed by atoms with van der Waals surface area (Å²) in [7, 11) is 0. The number of fused-ring (bicyclic) bond motifs is 15. The molecule has 18 aromatic rings. The molecule has 18 rings (SSSR count). The van der Waals surface area contributed by atoms with Gasteiger partial charge in [0.15, 0.2) is 11.5 Å². The first kappa shape index (κ1) is 68.9. The molecular weight excluding hydrogens is 1400 g/mol. The molecule has 9 N–H and O–H groups in total. The van der Waals surface area contributed by atoms with Gasteiger partial charge in [0.05, 0.1) is 50.9 Å². The number of para-hydroxylation sites is 6. The summed E-state index contributed by atoms with van der Waals surface area (Å²) in [4.78, 5) is 52.4. The van der Waals surface area contributed by atoms with E-state index < -0.39 is 11.8 Å². The van der Waals surface area contributed by atoms with Crippen LogP contribution in [0.25, 0.3) is 97.7 Å². The van der Waals surface area contributed by atoms with Gasteiger partial charge in [-0.3, -0.25) is 24.8 Å². The van der Waals surface area contributed by atoms with Crippen LogP contribution in [0.3, 0.4) is 0 Å². The Kier molecular flexibility index (Phi) is 17.8. The molecule has 112 heavy (non-hydrogen) atoms. The predicted octanol–water partition coefficient (Wildman–Crippen LogP) is 25.0. The molecule has 0 aliphatic rings. The summed E-state index contributed by atoms with van der Waals surface area (Å²) in [5.74, 6) is -1.34. The van der Waals surface area contributed by atoms with Gasteiger partial charge in [-0.05, 0) is 167 Å². The minimum absolute atomic E-state index is 0.0114. The predicted molar refractivity (Wildman–Crippen MR) is 448 cm³/mol. The molecule has 0 atom stereocenters. The number of benzene rings is 14. The van der Waals surface area contributed by atoms with E-state index in [1.807, 2.05) is 231 Å². The second kappa shape index (κ2) is 29.0. The zero-order chi connectivity index (χ0) is 76.1. The number of nitrogens with zero attached hydrogens (tertiary/aromatic N) is 8. The van der Waals surface area contributed by atoms with Gasteiger partial charge >= 0.3 is 0 Å². The number of carbonyl (C=O) groups excluding carboxylic acids is 2.